The lowest BCUT2D eigenvalue weighted by atomic mass is 9.94. The average Bonchev–Trinajstić information content (AvgIpc) is 2.74. The van der Waals surface area contributed by atoms with Crippen LogP contribution in [-0.2, 0) is 9.59 Å². The average molecular weight is 416 g/mol. The zero-order chi connectivity index (χ0) is 20.8. The molecule has 0 radical (unpaired) electrons. The number of rotatable bonds is 6. The number of likely N-dealkylation sites (tertiary alicyclic amines) is 1. The molecule has 154 valence electrons. The summed E-state index contributed by atoms with van der Waals surface area (Å²) in [4.78, 5) is 27.3. The standard InChI is InChI=1S/C22H26ClN3O3/c1-15(21(27)25-19-14-17(23)8-9-20(19)29-2)26-12-10-16(11-13-26)22(28)24-18-6-4-3-5-7-18/h3-9,14-16H,10-13H2,1-2H3,(H,24,28)(H,25,27)/t15-/m0/s1. The van der Waals surface area contributed by atoms with Crippen LogP contribution in [0.1, 0.15) is 19.8 Å². The van der Waals surface area contributed by atoms with Gasteiger partial charge in [-0.05, 0) is 63.2 Å². The fourth-order valence-electron chi connectivity index (χ4n) is 3.50. The van der Waals surface area contributed by atoms with Gasteiger partial charge in [0.1, 0.15) is 5.75 Å². The Kier molecular flexibility index (Phi) is 7.12. The first-order valence-electron chi connectivity index (χ1n) is 9.72. The second kappa shape index (κ2) is 9.76. The van der Waals surface area contributed by atoms with Gasteiger partial charge in [0.15, 0.2) is 0 Å². The van der Waals surface area contributed by atoms with Crippen LogP contribution in [0.15, 0.2) is 48.5 Å². The van der Waals surface area contributed by atoms with Gasteiger partial charge in [0, 0.05) is 16.6 Å². The van der Waals surface area contributed by atoms with E-state index < -0.39 is 0 Å². The van der Waals surface area contributed by atoms with Gasteiger partial charge in [-0.3, -0.25) is 14.5 Å². The van der Waals surface area contributed by atoms with Gasteiger partial charge in [-0.15, -0.1) is 0 Å². The zero-order valence-corrected chi connectivity index (χ0v) is 17.4. The SMILES string of the molecule is COc1ccc(Cl)cc1NC(=O)[C@H](C)N1CCC(C(=O)Nc2ccccc2)CC1. The Balaban J connectivity index is 1.53. The molecule has 0 saturated carbocycles. The highest BCUT2D eigenvalue weighted by Crippen LogP contribution is 2.28. The quantitative estimate of drug-likeness (QED) is 0.747. The number of anilines is 2. The molecule has 1 aliphatic rings. The third-order valence-corrected chi connectivity index (χ3v) is 5.52. The molecular weight excluding hydrogens is 390 g/mol. The Bertz CT molecular complexity index is 852. The minimum Gasteiger partial charge on any atom is -0.495 e. The van der Waals surface area contributed by atoms with Crippen molar-refractivity contribution in [3.05, 3.63) is 53.6 Å². The third-order valence-electron chi connectivity index (χ3n) is 5.29. The lowest BCUT2D eigenvalue weighted by Crippen LogP contribution is -2.47. The van der Waals surface area contributed by atoms with Crippen LogP contribution >= 0.6 is 11.6 Å². The maximum Gasteiger partial charge on any atom is 0.241 e. The largest absolute Gasteiger partial charge is 0.495 e. The summed E-state index contributed by atoms with van der Waals surface area (Å²) in [5.41, 5.74) is 1.36. The highest BCUT2D eigenvalue weighted by molar-refractivity contribution is 6.31. The summed E-state index contributed by atoms with van der Waals surface area (Å²) in [6.07, 6.45) is 1.44. The zero-order valence-electron chi connectivity index (χ0n) is 16.7. The molecule has 2 aromatic carbocycles. The van der Waals surface area contributed by atoms with E-state index in [1.807, 2.05) is 37.3 Å². The number of halogens is 1. The number of nitrogens with zero attached hydrogens (tertiary/aromatic N) is 1. The first-order chi connectivity index (χ1) is 14.0. The Morgan fingerprint density at radius 1 is 1.10 bits per heavy atom. The van der Waals surface area contributed by atoms with Crippen molar-refractivity contribution in [1.82, 2.24) is 4.90 Å². The molecule has 0 spiro atoms. The van der Waals surface area contributed by atoms with Crippen molar-refractivity contribution < 1.29 is 14.3 Å². The number of nitrogens with one attached hydrogen (secondary N) is 2. The molecule has 2 N–H and O–H groups in total. The predicted octanol–water partition coefficient (Wildman–Crippen LogP) is 4.03. The van der Waals surface area contributed by atoms with Crippen molar-refractivity contribution >= 4 is 34.8 Å². The number of carbonyl (C=O) groups excluding carboxylic acids is 2. The van der Waals surface area contributed by atoms with E-state index in [1.165, 1.54) is 0 Å². The summed E-state index contributed by atoms with van der Waals surface area (Å²) < 4.78 is 5.28. The van der Waals surface area contributed by atoms with Crippen LogP contribution in [0.3, 0.4) is 0 Å². The van der Waals surface area contributed by atoms with E-state index in [-0.39, 0.29) is 23.8 Å². The number of para-hydroxylation sites is 1. The fourth-order valence-corrected chi connectivity index (χ4v) is 3.67. The summed E-state index contributed by atoms with van der Waals surface area (Å²) in [7, 11) is 1.55. The smallest absolute Gasteiger partial charge is 0.241 e. The van der Waals surface area contributed by atoms with Gasteiger partial charge in [0.05, 0.1) is 18.8 Å². The molecule has 2 aromatic rings. The Morgan fingerprint density at radius 3 is 2.45 bits per heavy atom. The predicted molar refractivity (Wildman–Crippen MR) is 115 cm³/mol. The molecule has 0 unspecified atom stereocenters. The van der Waals surface area contributed by atoms with Crippen LogP contribution in [0.25, 0.3) is 0 Å². The van der Waals surface area contributed by atoms with Gasteiger partial charge in [-0.25, -0.2) is 0 Å². The van der Waals surface area contributed by atoms with E-state index in [0.717, 1.165) is 18.5 Å². The molecule has 0 bridgehead atoms. The summed E-state index contributed by atoms with van der Waals surface area (Å²) in [6, 6.07) is 14.2. The summed E-state index contributed by atoms with van der Waals surface area (Å²) in [5, 5.41) is 6.39. The molecule has 7 heteroatoms. The second-order valence-corrected chi connectivity index (χ2v) is 7.61. The number of hydrogen-bond acceptors (Lipinski definition) is 4. The molecule has 0 aliphatic carbocycles. The van der Waals surface area contributed by atoms with Crippen molar-refractivity contribution in [2.75, 3.05) is 30.8 Å². The minimum atomic E-state index is -0.322. The van der Waals surface area contributed by atoms with Crippen LogP contribution in [0, 0.1) is 5.92 Å². The van der Waals surface area contributed by atoms with Gasteiger partial charge in [-0.2, -0.15) is 0 Å². The van der Waals surface area contributed by atoms with E-state index >= 15 is 0 Å². The summed E-state index contributed by atoms with van der Waals surface area (Å²) in [5.74, 6) is 0.426. The molecule has 1 fully saturated rings. The van der Waals surface area contributed by atoms with Gasteiger partial charge in [-0.1, -0.05) is 29.8 Å². The highest BCUT2D eigenvalue weighted by atomic mass is 35.5. The van der Waals surface area contributed by atoms with Gasteiger partial charge < -0.3 is 15.4 Å². The van der Waals surface area contributed by atoms with Crippen molar-refractivity contribution in [2.24, 2.45) is 5.92 Å². The molecule has 1 heterocycles. The maximum absolute atomic E-state index is 12.7. The molecule has 0 aromatic heterocycles. The molecule has 1 saturated heterocycles. The number of piperidine rings is 1. The molecule has 1 atom stereocenters. The lowest BCUT2D eigenvalue weighted by molar-refractivity contribution is -0.123. The van der Waals surface area contributed by atoms with E-state index in [9.17, 15) is 9.59 Å². The number of amides is 2. The number of ether oxygens (including phenoxy) is 1. The molecule has 2 amide bonds. The van der Waals surface area contributed by atoms with Gasteiger partial charge >= 0.3 is 0 Å². The van der Waals surface area contributed by atoms with Crippen molar-refractivity contribution in [2.45, 2.75) is 25.8 Å². The van der Waals surface area contributed by atoms with Crippen molar-refractivity contribution in [3.8, 4) is 5.75 Å². The second-order valence-electron chi connectivity index (χ2n) is 7.18. The Morgan fingerprint density at radius 2 is 1.79 bits per heavy atom. The van der Waals surface area contributed by atoms with Crippen LogP contribution in [0.4, 0.5) is 11.4 Å². The van der Waals surface area contributed by atoms with Crippen molar-refractivity contribution in [1.29, 1.82) is 0 Å². The summed E-state index contributed by atoms with van der Waals surface area (Å²) in [6.45, 7) is 3.25. The first kappa shape index (κ1) is 21.1. The number of benzene rings is 2. The number of carbonyl (C=O) groups is 2. The van der Waals surface area contributed by atoms with E-state index in [1.54, 1.807) is 25.3 Å². The van der Waals surface area contributed by atoms with Gasteiger partial charge in [0.2, 0.25) is 11.8 Å². The van der Waals surface area contributed by atoms with Crippen LogP contribution in [0.2, 0.25) is 5.02 Å². The first-order valence-corrected chi connectivity index (χ1v) is 10.1. The lowest BCUT2D eigenvalue weighted by Gasteiger charge is -2.34. The number of hydrogen-bond donors (Lipinski definition) is 2. The number of methoxy groups -OCH3 is 1. The fraction of sp³-hybridized carbons (Fsp3) is 0.364. The van der Waals surface area contributed by atoms with Crippen LogP contribution in [0.5, 0.6) is 5.75 Å². The van der Waals surface area contributed by atoms with Crippen molar-refractivity contribution in [3.63, 3.8) is 0 Å². The molecule has 29 heavy (non-hydrogen) atoms. The normalized spacial score (nSPS) is 16.1. The molecule has 6 nitrogen and oxygen atoms in total. The van der Waals surface area contributed by atoms with E-state index in [4.69, 9.17) is 16.3 Å². The molecular formula is C22H26ClN3O3. The van der Waals surface area contributed by atoms with E-state index in [0.29, 0.717) is 29.5 Å². The molecule has 3 rings (SSSR count). The monoisotopic (exact) mass is 415 g/mol. The van der Waals surface area contributed by atoms with E-state index in [2.05, 4.69) is 15.5 Å². The third kappa shape index (κ3) is 5.49. The van der Waals surface area contributed by atoms with Crippen LogP contribution < -0.4 is 15.4 Å². The molecule has 1 aliphatic heterocycles. The topological polar surface area (TPSA) is 70.7 Å². The van der Waals surface area contributed by atoms with Crippen LogP contribution in [-0.4, -0.2) is 43.0 Å². The Labute approximate surface area is 176 Å². The Hall–Kier alpha value is -2.57. The van der Waals surface area contributed by atoms with Gasteiger partial charge in [0.25, 0.3) is 0 Å². The summed E-state index contributed by atoms with van der Waals surface area (Å²) >= 11 is 6.03. The maximum atomic E-state index is 12.7. The minimum absolute atomic E-state index is 0.0385. The highest BCUT2D eigenvalue weighted by Gasteiger charge is 2.30.